The summed E-state index contributed by atoms with van der Waals surface area (Å²) in [5.41, 5.74) is 2.04. The largest absolute Gasteiger partial charge is 0.393 e. The molecule has 20 heavy (non-hydrogen) atoms. The fraction of sp³-hybridized carbons (Fsp3) is 0.625. The van der Waals surface area contributed by atoms with Gasteiger partial charge >= 0.3 is 0 Å². The van der Waals surface area contributed by atoms with Crippen molar-refractivity contribution in [3.05, 3.63) is 29.6 Å². The van der Waals surface area contributed by atoms with Gasteiger partial charge in [-0.25, -0.2) is 0 Å². The van der Waals surface area contributed by atoms with Crippen LogP contribution in [0.5, 0.6) is 0 Å². The number of hydrogen-bond donors (Lipinski definition) is 2. The van der Waals surface area contributed by atoms with E-state index in [2.05, 4.69) is 17.2 Å². The van der Waals surface area contributed by atoms with E-state index in [4.69, 9.17) is 0 Å². The minimum Gasteiger partial charge on any atom is -0.393 e. The van der Waals surface area contributed by atoms with E-state index in [9.17, 15) is 9.90 Å². The predicted octanol–water partition coefficient (Wildman–Crippen LogP) is 2.51. The lowest BCUT2D eigenvalue weighted by molar-refractivity contribution is -0.127. The number of aryl methyl sites for hydroxylation is 1. The third-order valence-electron chi connectivity index (χ3n) is 4.08. The van der Waals surface area contributed by atoms with Crippen molar-refractivity contribution < 1.29 is 9.90 Å². The molecule has 4 heteroatoms. The number of nitrogens with zero attached hydrogens (tertiary/aromatic N) is 1. The molecule has 1 aliphatic rings. The lowest BCUT2D eigenvalue weighted by Crippen LogP contribution is -2.36. The van der Waals surface area contributed by atoms with Crippen LogP contribution in [0.15, 0.2) is 18.3 Å². The van der Waals surface area contributed by atoms with Gasteiger partial charge in [0.15, 0.2) is 0 Å². The Morgan fingerprint density at radius 3 is 2.65 bits per heavy atom. The van der Waals surface area contributed by atoms with Gasteiger partial charge in [0.05, 0.1) is 17.8 Å². The van der Waals surface area contributed by atoms with E-state index in [-0.39, 0.29) is 24.0 Å². The summed E-state index contributed by atoms with van der Waals surface area (Å²) in [7, 11) is 0. The number of aromatic nitrogens is 1. The zero-order valence-electron chi connectivity index (χ0n) is 12.3. The Balaban J connectivity index is 1.95. The van der Waals surface area contributed by atoms with E-state index in [1.165, 1.54) is 0 Å². The highest BCUT2D eigenvalue weighted by atomic mass is 16.3. The van der Waals surface area contributed by atoms with Gasteiger partial charge in [0.2, 0.25) is 5.91 Å². The second kappa shape index (κ2) is 6.84. The molecule has 0 radical (unpaired) electrons. The molecule has 0 spiro atoms. The van der Waals surface area contributed by atoms with Gasteiger partial charge in [0, 0.05) is 12.1 Å². The highest BCUT2D eigenvalue weighted by molar-refractivity contribution is 5.79. The molecule has 1 fully saturated rings. The predicted molar refractivity (Wildman–Crippen MR) is 78.1 cm³/mol. The zero-order valence-corrected chi connectivity index (χ0v) is 12.3. The van der Waals surface area contributed by atoms with Crippen molar-refractivity contribution in [1.82, 2.24) is 10.3 Å². The van der Waals surface area contributed by atoms with Gasteiger partial charge in [-0.1, -0.05) is 13.0 Å². The maximum absolute atomic E-state index is 12.3. The summed E-state index contributed by atoms with van der Waals surface area (Å²) in [6.45, 7) is 4.06. The molecule has 1 amide bonds. The van der Waals surface area contributed by atoms with E-state index in [0.29, 0.717) is 0 Å². The van der Waals surface area contributed by atoms with Crippen LogP contribution in [0.4, 0.5) is 0 Å². The molecule has 0 saturated heterocycles. The molecule has 1 unspecified atom stereocenters. The van der Waals surface area contributed by atoms with Gasteiger partial charge in [-0.3, -0.25) is 9.78 Å². The first kappa shape index (κ1) is 15.0. The monoisotopic (exact) mass is 276 g/mol. The van der Waals surface area contributed by atoms with E-state index in [1.807, 2.05) is 25.3 Å². The summed E-state index contributed by atoms with van der Waals surface area (Å²) >= 11 is 0. The quantitative estimate of drug-likeness (QED) is 0.888. The summed E-state index contributed by atoms with van der Waals surface area (Å²) < 4.78 is 0. The number of carbonyl (C=O) groups excluding carboxylic acids is 1. The lowest BCUT2D eigenvalue weighted by Gasteiger charge is -2.26. The highest BCUT2D eigenvalue weighted by Crippen LogP contribution is 2.25. The Morgan fingerprint density at radius 2 is 2.10 bits per heavy atom. The molecule has 2 rings (SSSR count). The van der Waals surface area contributed by atoms with Gasteiger partial charge in [-0.05, 0) is 50.7 Å². The van der Waals surface area contributed by atoms with Crippen molar-refractivity contribution in [2.24, 2.45) is 5.92 Å². The van der Waals surface area contributed by atoms with Crippen molar-refractivity contribution in [1.29, 1.82) is 0 Å². The van der Waals surface area contributed by atoms with Gasteiger partial charge in [0.1, 0.15) is 0 Å². The van der Waals surface area contributed by atoms with Gasteiger partial charge in [0.25, 0.3) is 0 Å². The summed E-state index contributed by atoms with van der Waals surface area (Å²) in [5, 5.41) is 12.6. The minimum atomic E-state index is -0.222. The van der Waals surface area contributed by atoms with Gasteiger partial charge < -0.3 is 10.4 Å². The lowest BCUT2D eigenvalue weighted by atomic mass is 9.86. The molecule has 0 aromatic carbocycles. The number of aliphatic hydroxyl groups excluding tert-OH is 1. The Kier molecular flexibility index (Phi) is 5.12. The molecule has 1 aliphatic carbocycles. The van der Waals surface area contributed by atoms with Gasteiger partial charge in [-0.2, -0.15) is 0 Å². The van der Waals surface area contributed by atoms with Crippen LogP contribution >= 0.6 is 0 Å². The molecule has 1 saturated carbocycles. The van der Waals surface area contributed by atoms with Crippen molar-refractivity contribution in [3.8, 4) is 0 Å². The normalized spacial score (nSPS) is 24.1. The number of hydrogen-bond acceptors (Lipinski definition) is 3. The Bertz CT molecular complexity index is 436. The van der Waals surface area contributed by atoms with Crippen LogP contribution in [0.1, 0.15) is 56.3 Å². The molecule has 2 N–H and O–H groups in total. The summed E-state index contributed by atoms with van der Waals surface area (Å²) in [4.78, 5) is 16.7. The fourth-order valence-corrected chi connectivity index (χ4v) is 2.70. The molecule has 0 aliphatic heterocycles. The van der Waals surface area contributed by atoms with Crippen LogP contribution < -0.4 is 5.32 Å². The Hall–Kier alpha value is -1.42. The van der Waals surface area contributed by atoms with E-state index >= 15 is 0 Å². The smallest absolute Gasteiger partial charge is 0.223 e. The topological polar surface area (TPSA) is 62.2 Å². The van der Waals surface area contributed by atoms with Crippen LogP contribution in [-0.2, 0) is 4.79 Å². The molecule has 110 valence electrons. The summed E-state index contributed by atoms with van der Waals surface area (Å²) in [6.07, 6.45) is 5.48. The van der Waals surface area contributed by atoms with Gasteiger partial charge in [-0.15, -0.1) is 0 Å². The first-order valence-corrected chi connectivity index (χ1v) is 7.51. The maximum Gasteiger partial charge on any atom is 0.223 e. The number of pyridine rings is 1. The highest BCUT2D eigenvalue weighted by Gasteiger charge is 2.26. The van der Waals surface area contributed by atoms with Crippen LogP contribution in [-0.4, -0.2) is 22.1 Å². The second-order valence-electron chi connectivity index (χ2n) is 5.74. The summed E-state index contributed by atoms with van der Waals surface area (Å²) in [5.74, 6) is 0.143. The minimum absolute atomic E-state index is 0.0186. The van der Waals surface area contributed by atoms with E-state index in [0.717, 1.165) is 43.4 Å². The molecular formula is C16H24N2O2. The third kappa shape index (κ3) is 3.79. The van der Waals surface area contributed by atoms with Crippen LogP contribution in [0.25, 0.3) is 0 Å². The van der Waals surface area contributed by atoms with Crippen molar-refractivity contribution in [2.45, 2.75) is 58.1 Å². The van der Waals surface area contributed by atoms with E-state index in [1.54, 1.807) is 0 Å². The van der Waals surface area contributed by atoms with Crippen molar-refractivity contribution >= 4 is 5.91 Å². The average Bonchev–Trinajstić information content (AvgIpc) is 2.46. The number of amides is 1. The standard InChI is InChI=1S/C16H24N2O2/c1-3-14(15-9-4-11(2)10-17-15)18-16(20)12-5-7-13(19)8-6-12/h4,9-10,12-14,19H,3,5-8H2,1-2H3,(H,18,20). The molecule has 1 aromatic rings. The third-order valence-corrected chi connectivity index (χ3v) is 4.08. The molecule has 1 aromatic heterocycles. The van der Waals surface area contributed by atoms with Crippen LogP contribution in [0.2, 0.25) is 0 Å². The maximum atomic E-state index is 12.3. The van der Waals surface area contributed by atoms with Crippen LogP contribution in [0, 0.1) is 12.8 Å². The fourth-order valence-electron chi connectivity index (χ4n) is 2.70. The Morgan fingerprint density at radius 1 is 1.40 bits per heavy atom. The molecule has 4 nitrogen and oxygen atoms in total. The van der Waals surface area contributed by atoms with Crippen molar-refractivity contribution in [3.63, 3.8) is 0 Å². The zero-order chi connectivity index (χ0) is 14.5. The van der Waals surface area contributed by atoms with Crippen molar-refractivity contribution in [2.75, 3.05) is 0 Å². The number of rotatable bonds is 4. The number of nitrogens with one attached hydrogen (secondary N) is 1. The first-order chi connectivity index (χ1) is 9.60. The molecule has 1 atom stereocenters. The first-order valence-electron chi connectivity index (χ1n) is 7.51. The molecule has 1 heterocycles. The number of aliphatic hydroxyl groups is 1. The van der Waals surface area contributed by atoms with Crippen LogP contribution in [0.3, 0.4) is 0 Å². The average molecular weight is 276 g/mol. The summed E-state index contributed by atoms with van der Waals surface area (Å²) in [6, 6.07) is 3.98. The van der Waals surface area contributed by atoms with E-state index < -0.39 is 0 Å². The second-order valence-corrected chi connectivity index (χ2v) is 5.74. The number of carbonyl (C=O) groups is 1. The SMILES string of the molecule is CCC(NC(=O)C1CCC(O)CC1)c1ccc(C)cn1. The molecule has 0 bridgehead atoms. The molecular weight excluding hydrogens is 252 g/mol. The Labute approximate surface area is 120 Å².